The van der Waals surface area contributed by atoms with E-state index in [0.717, 1.165) is 0 Å². The van der Waals surface area contributed by atoms with Crippen molar-refractivity contribution in [1.29, 1.82) is 0 Å². The molecule has 0 aromatic carbocycles. The Morgan fingerprint density at radius 1 is 1.13 bits per heavy atom. The summed E-state index contributed by atoms with van der Waals surface area (Å²) in [6.07, 6.45) is 12.7. The van der Waals surface area contributed by atoms with Gasteiger partial charge in [0.25, 0.3) is 0 Å². The summed E-state index contributed by atoms with van der Waals surface area (Å²) in [7, 11) is 0. The summed E-state index contributed by atoms with van der Waals surface area (Å²) in [5, 5.41) is 0. The van der Waals surface area contributed by atoms with Crippen molar-refractivity contribution in [3.8, 4) is 0 Å². The second-order valence-electron chi connectivity index (χ2n) is 4.69. The molecule has 0 aliphatic heterocycles. The van der Waals surface area contributed by atoms with Gasteiger partial charge in [-0.15, -0.1) is 0 Å². The molecule has 1 aromatic rings. The van der Waals surface area contributed by atoms with Gasteiger partial charge in [0.15, 0.2) is 0 Å². The van der Waals surface area contributed by atoms with Crippen LogP contribution < -0.4 is 0 Å². The third-order valence-corrected chi connectivity index (χ3v) is 3.38. The lowest BCUT2D eigenvalue weighted by Crippen LogP contribution is -2.16. The minimum Gasteiger partial charge on any atom is -0.264 e. The fourth-order valence-corrected chi connectivity index (χ4v) is 1.69. The van der Waals surface area contributed by atoms with E-state index < -0.39 is 0 Å². The summed E-state index contributed by atoms with van der Waals surface area (Å²) in [5.74, 6) is 0.604. The zero-order valence-electron chi connectivity index (χ0n) is 9.57. The van der Waals surface area contributed by atoms with E-state index in [1.165, 1.54) is 11.1 Å². The highest BCUT2D eigenvalue weighted by Gasteiger charge is 2.23. The standard InChI is InChI=1S/C14H17N/c1-11(2)14(3)7-4-12-6-9-15-10-13(12)5-8-14/h4-11H,1-3H3. The Morgan fingerprint density at radius 2 is 1.80 bits per heavy atom. The first-order chi connectivity index (χ1) is 7.12. The van der Waals surface area contributed by atoms with Gasteiger partial charge >= 0.3 is 0 Å². The minimum atomic E-state index is 0.152. The van der Waals surface area contributed by atoms with Crippen molar-refractivity contribution in [3.63, 3.8) is 0 Å². The van der Waals surface area contributed by atoms with Crippen LogP contribution in [0.5, 0.6) is 0 Å². The lowest BCUT2D eigenvalue weighted by atomic mass is 9.79. The highest BCUT2D eigenvalue weighted by atomic mass is 14.6. The van der Waals surface area contributed by atoms with Crippen LogP contribution in [0.1, 0.15) is 31.9 Å². The molecule has 2 rings (SSSR count). The van der Waals surface area contributed by atoms with Crippen LogP contribution in [-0.2, 0) is 0 Å². The molecule has 0 spiro atoms. The van der Waals surface area contributed by atoms with E-state index in [-0.39, 0.29) is 5.41 Å². The number of nitrogens with zero attached hydrogens (tertiary/aromatic N) is 1. The van der Waals surface area contributed by atoms with Crippen molar-refractivity contribution in [2.75, 3.05) is 0 Å². The SMILES string of the molecule is CC(C)C1(C)C=Cc2ccncc2C=C1. The largest absolute Gasteiger partial charge is 0.264 e. The van der Waals surface area contributed by atoms with Gasteiger partial charge in [-0.1, -0.05) is 45.1 Å². The molecule has 1 aliphatic carbocycles. The Labute approximate surface area is 91.6 Å². The third kappa shape index (κ3) is 1.87. The topological polar surface area (TPSA) is 12.9 Å². The van der Waals surface area contributed by atoms with E-state index in [1.54, 1.807) is 0 Å². The first-order valence-electron chi connectivity index (χ1n) is 5.44. The highest BCUT2D eigenvalue weighted by molar-refractivity contribution is 5.67. The number of hydrogen-bond donors (Lipinski definition) is 0. The maximum absolute atomic E-state index is 4.15. The van der Waals surface area contributed by atoms with Gasteiger partial charge in [0.1, 0.15) is 0 Å². The van der Waals surface area contributed by atoms with Gasteiger partial charge < -0.3 is 0 Å². The van der Waals surface area contributed by atoms with Crippen molar-refractivity contribution < 1.29 is 0 Å². The second kappa shape index (κ2) is 3.65. The number of allylic oxidation sites excluding steroid dienone is 2. The molecule has 78 valence electrons. The first-order valence-corrected chi connectivity index (χ1v) is 5.44. The van der Waals surface area contributed by atoms with Gasteiger partial charge in [-0.05, 0) is 23.1 Å². The fourth-order valence-electron chi connectivity index (χ4n) is 1.69. The van der Waals surface area contributed by atoms with Gasteiger partial charge in [0.2, 0.25) is 0 Å². The second-order valence-corrected chi connectivity index (χ2v) is 4.69. The van der Waals surface area contributed by atoms with E-state index in [1.807, 2.05) is 12.4 Å². The van der Waals surface area contributed by atoms with E-state index in [0.29, 0.717) is 5.92 Å². The van der Waals surface area contributed by atoms with Gasteiger partial charge in [-0.2, -0.15) is 0 Å². The Bertz CT molecular complexity index is 380. The third-order valence-electron chi connectivity index (χ3n) is 3.38. The number of aromatic nitrogens is 1. The molecular weight excluding hydrogens is 182 g/mol. The molecule has 0 saturated heterocycles. The predicted octanol–water partition coefficient (Wildman–Crippen LogP) is 3.78. The summed E-state index contributed by atoms with van der Waals surface area (Å²) in [4.78, 5) is 4.15. The van der Waals surface area contributed by atoms with E-state index in [2.05, 4.69) is 56.1 Å². The first kappa shape index (κ1) is 10.2. The zero-order valence-corrected chi connectivity index (χ0v) is 9.57. The number of fused-ring (bicyclic) bond motifs is 1. The Kier molecular flexibility index (Phi) is 2.47. The molecule has 0 N–H and O–H groups in total. The quantitative estimate of drug-likeness (QED) is 0.670. The van der Waals surface area contributed by atoms with Crippen LogP contribution in [0.2, 0.25) is 0 Å². The molecule has 1 aliphatic rings. The van der Waals surface area contributed by atoms with Crippen LogP contribution in [0.25, 0.3) is 12.2 Å². The number of rotatable bonds is 1. The predicted molar refractivity (Wildman–Crippen MR) is 65.3 cm³/mol. The molecule has 1 nitrogen and oxygen atoms in total. The Balaban J connectivity index is 2.46. The smallest absolute Gasteiger partial charge is 0.0346 e. The molecule has 0 radical (unpaired) electrons. The lowest BCUT2D eigenvalue weighted by molar-refractivity contribution is 0.387. The van der Waals surface area contributed by atoms with Crippen LogP contribution in [0.4, 0.5) is 0 Å². The van der Waals surface area contributed by atoms with Crippen LogP contribution in [-0.4, -0.2) is 4.98 Å². The van der Waals surface area contributed by atoms with Crippen LogP contribution in [0, 0.1) is 11.3 Å². The molecule has 1 unspecified atom stereocenters. The van der Waals surface area contributed by atoms with Crippen LogP contribution in [0.3, 0.4) is 0 Å². The van der Waals surface area contributed by atoms with Gasteiger partial charge in [-0.3, -0.25) is 4.98 Å². The normalized spacial score (nSPS) is 24.0. The average Bonchev–Trinajstić information content (AvgIpc) is 2.40. The van der Waals surface area contributed by atoms with Crippen molar-refractivity contribution in [1.82, 2.24) is 4.98 Å². The summed E-state index contributed by atoms with van der Waals surface area (Å²) in [6.45, 7) is 6.77. The molecule has 0 bridgehead atoms. The molecule has 15 heavy (non-hydrogen) atoms. The lowest BCUT2D eigenvalue weighted by Gasteiger charge is -2.26. The number of hydrogen-bond acceptors (Lipinski definition) is 1. The fraction of sp³-hybridized carbons (Fsp3) is 0.357. The van der Waals surface area contributed by atoms with Gasteiger partial charge in [0, 0.05) is 17.8 Å². The van der Waals surface area contributed by atoms with Crippen molar-refractivity contribution in [2.24, 2.45) is 11.3 Å². The summed E-state index contributed by atoms with van der Waals surface area (Å²) in [5.41, 5.74) is 2.61. The van der Waals surface area contributed by atoms with E-state index in [9.17, 15) is 0 Å². The summed E-state index contributed by atoms with van der Waals surface area (Å²) >= 11 is 0. The van der Waals surface area contributed by atoms with Crippen molar-refractivity contribution in [2.45, 2.75) is 20.8 Å². The van der Waals surface area contributed by atoms with Crippen LogP contribution in [0.15, 0.2) is 30.6 Å². The molecule has 1 atom stereocenters. The molecular formula is C14H17N. The van der Waals surface area contributed by atoms with Crippen LogP contribution >= 0.6 is 0 Å². The Hall–Kier alpha value is -1.37. The van der Waals surface area contributed by atoms with Crippen molar-refractivity contribution in [3.05, 3.63) is 41.7 Å². The Morgan fingerprint density at radius 3 is 2.47 bits per heavy atom. The van der Waals surface area contributed by atoms with Crippen molar-refractivity contribution >= 4 is 12.2 Å². The maximum Gasteiger partial charge on any atom is 0.0346 e. The van der Waals surface area contributed by atoms with E-state index >= 15 is 0 Å². The highest BCUT2D eigenvalue weighted by Crippen LogP contribution is 2.34. The average molecular weight is 199 g/mol. The molecule has 0 amide bonds. The molecule has 1 aromatic heterocycles. The minimum absolute atomic E-state index is 0.152. The maximum atomic E-state index is 4.15. The monoisotopic (exact) mass is 199 g/mol. The zero-order chi connectivity index (χ0) is 10.9. The summed E-state index contributed by atoms with van der Waals surface area (Å²) < 4.78 is 0. The molecule has 0 saturated carbocycles. The van der Waals surface area contributed by atoms with Gasteiger partial charge in [0.05, 0.1) is 0 Å². The molecule has 0 fully saturated rings. The number of pyridine rings is 1. The van der Waals surface area contributed by atoms with E-state index in [4.69, 9.17) is 0 Å². The summed E-state index contributed by atoms with van der Waals surface area (Å²) in [6, 6.07) is 2.06. The van der Waals surface area contributed by atoms with Gasteiger partial charge in [-0.25, -0.2) is 0 Å². The molecule has 1 heteroatoms. The molecule has 1 heterocycles.